The van der Waals surface area contributed by atoms with Crippen LogP contribution in [0.4, 0.5) is 0 Å². The topological polar surface area (TPSA) is 12.0 Å². The van der Waals surface area contributed by atoms with E-state index < -0.39 is 0 Å². The van der Waals surface area contributed by atoms with Crippen LogP contribution in [-0.4, -0.2) is 34.6 Å². The molecule has 1 heterocycles. The van der Waals surface area contributed by atoms with Crippen molar-refractivity contribution in [1.82, 2.24) is 5.32 Å². The Morgan fingerprint density at radius 2 is 2.00 bits per heavy atom. The largest absolute Gasteiger partial charge is 0.313 e. The molecule has 0 aliphatic carbocycles. The van der Waals surface area contributed by atoms with E-state index in [0.717, 1.165) is 17.0 Å². The van der Waals surface area contributed by atoms with E-state index in [1.54, 1.807) is 0 Å². The second-order valence-electron chi connectivity index (χ2n) is 3.50. The van der Waals surface area contributed by atoms with Crippen molar-refractivity contribution >= 4 is 23.5 Å². The number of thioether (sulfide) groups is 2. The maximum atomic E-state index is 3.55. The molecule has 1 rings (SSSR count). The summed E-state index contributed by atoms with van der Waals surface area (Å²) in [7, 11) is 0. The van der Waals surface area contributed by atoms with E-state index in [1.807, 2.05) is 0 Å². The van der Waals surface area contributed by atoms with Gasteiger partial charge in [0.1, 0.15) is 0 Å². The Hall–Kier alpha value is 0.660. The molecule has 13 heavy (non-hydrogen) atoms. The standard InChI is InChI=1S/C10H21NS2/c1-4-9-10(8(3)11-5-2)13-7-6-12-9/h8-11H,4-7H2,1-3H3. The van der Waals surface area contributed by atoms with Crippen molar-refractivity contribution in [2.24, 2.45) is 0 Å². The molecule has 0 radical (unpaired) electrons. The zero-order chi connectivity index (χ0) is 9.68. The summed E-state index contributed by atoms with van der Waals surface area (Å²) in [6, 6.07) is 0.674. The van der Waals surface area contributed by atoms with E-state index in [4.69, 9.17) is 0 Å². The smallest absolute Gasteiger partial charge is 0.0317 e. The van der Waals surface area contributed by atoms with Crippen molar-refractivity contribution in [3.05, 3.63) is 0 Å². The van der Waals surface area contributed by atoms with Crippen LogP contribution < -0.4 is 5.32 Å². The second kappa shape index (κ2) is 6.20. The lowest BCUT2D eigenvalue weighted by molar-refractivity contribution is 0.527. The van der Waals surface area contributed by atoms with Gasteiger partial charge in [-0.2, -0.15) is 23.5 Å². The number of rotatable bonds is 4. The molecule has 0 aromatic rings. The van der Waals surface area contributed by atoms with Crippen molar-refractivity contribution in [3.8, 4) is 0 Å². The van der Waals surface area contributed by atoms with Gasteiger partial charge in [0.05, 0.1) is 0 Å². The third-order valence-corrected chi connectivity index (χ3v) is 6.00. The Morgan fingerprint density at radius 3 is 2.62 bits per heavy atom. The van der Waals surface area contributed by atoms with Gasteiger partial charge in [0.2, 0.25) is 0 Å². The van der Waals surface area contributed by atoms with Gasteiger partial charge in [-0.25, -0.2) is 0 Å². The lowest BCUT2D eigenvalue weighted by Crippen LogP contribution is -2.42. The molecular formula is C10H21NS2. The predicted octanol–water partition coefficient (Wildman–Crippen LogP) is 2.61. The minimum atomic E-state index is 0.674. The van der Waals surface area contributed by atoms with Gasteiger partial charge < -0.3 is 5.32 Å². The van der Waals surface area contributed by atoms with Gasteiger partial charge in [-0.05, 0) is 19.9 Å². The summed E-state index contributed by atoms with van der Waals surface area (Å²) < 4.78 is 0. The summed E-state index contributed by atoms with van der Waals surface area (Å²) in [5.41, 5.74) is 0. The minimum absolute atomic E-state index is 0.674. The number of nitrogens with one attached hydrogen (secondary N) is 1. The zero-order valence-corrected chi connectivity index (χ0v) is 10.5. The normalized spacial score (nSPS) is 31.6. The highest BCUT2D eigenvalue weighted by Gasteiger charge is 2.28. The highest BCUT2D eigenvalue weighted by molar-refractivity contribution is 8.07. The first-order valence-corrected chi connectivity index (χ1v) is 7.35. The quantitative estimate of drug-likeness (QED) is 0.780. The van der Waals surface area contributed by atoms with Crippen molar-refractivity contribution in [2.45, 2.75) is 43.7 Å². The SMILES string of the molecule is CCNC(C)C1SCCSC1CC. The van der Waals surface area contributed by atoms with Crippen LogP contribution in [0.25, 0.3) is 0 Å². The molecule has 1 aliphatic rings. The Bertz CT molecular complexity index is 141. The van der Waals surface area contributed by atoms with E-state index in [9.17, 15) is 0 Å². The summed E-state index contributed by atoms with van der Waals surface area (Å²) in [6.45, 7) is 7.93. The van der Waals surface area contributed by atoms with Gasteiger partial charge in [0.25, 0.3) is 0 Å². The molecule has 1 nitrogen and oxygen atoms in total. The molecule has 3 heteroatoms. The van der Waals surface area contributed by atoms with Crippen LogP contribution in [0.15, 0.2) is 0 Å². The molecule has 78 valence electrons. The predicted molar refractivity (Wildman–Crippen MR) is 65.9 cm³/mol. The van der Waals surface area contributed by atoms with E-state index in [0.29, 0.717) is 6.04 Å². The fourth-order valence-corrected chi connectivity index (χ4v) is 5.11. The molecule has 0 aromatic heterocycles. The first-order chi connectivity index (χ1) is 6.29. The monoisotopic (exact) mass is 219 g/mol. The van der Waals surface area contributed by atoms with Crippen molar-refractivity contribution in [2.75, 3.05) is 18.1 Å². The molecule has 0 amide bonds. The lowest BCUT2D eigenvalue weighted by atomic mass is 10.1. The molecule has 0 bridgehead atoms. The average molecular weight is 219 g/mol. The van der Waals surface area contributed by atoms with Gasteiger partial charge in [-0.1, -0.05) is 13.8 Å². The van der Waals surface area contributed by atoms with Crippen molar-refractivity contribution < 1.29 is 0 Å². The fourth-order valence-electron chi connectivity index (χ4n) is 1.84. The van der Waals surface area contributed by atoms with Crippen LogP contribution in [0.1, 0.15) is 27.2 Å². The number of hydrogen-bond acceptors (Lipinski definition) is 3. The van der Waals surface area contributed by atoms with Gasteiger partial charge in [-0.3, -0.25) is 0 Å². The molecule has 0 aromatic carbocycles. The van der Waals surface area contributed by atoms with Crippen LogP contribution >= 0.6 is 23.5 Å². The maximum absolute atomic E-state index is 3.55. The number of hydrogen-bond donors (Lipinski definition) is 1. The summed E-state index contributed by atoms with van der Waals surface area (Å²) in [5, 5.41) is 5.24. The van der Waals surface area contributed by atoms with E-state index in [1.165, 1.54) is 17.9 Å². The minimum Gasteiger partial charge on any atom is -0.313 e. The average Bonchev–Trinajstić information content (AvgIpc) is 2.18. The van der Waals surface area contributed by atoms with Crippen molar-refractivity contribution in [1.29, 1.82) is 0 Å². The highest BCUT2D eigenvalue weighted by atomic mass is 32.2. The third kappa shape index (κ3) is 3.37. The summed E-state index contributed by atoms with van der Waals surface area (Å²) >= 11 is 4.33. The first-order valence-electron chi connectivity index (χ1n) is 5.26. The van der Waals surface area contributed by atoms with E-state index >= 15 is 0 Å². The molecule has 1 N–H and O–H groups in total. The summed E-state index contributed by atoms with van der Waals surface area (Å²) in [5.74, 6) is 2.68. The Morgan fingerprint density at radius 1 is 1.31 bits per heavy atom. The van der Waals surface area contributed by atoms with Gasteiger partial charge in [0.15, 0.2) is 0 Å². The van der Waals surface area contributed by atoms with E-state index in [2.05, 4.69) is 49.6 Å². The lowest BCUT2D eigenvalue weighted by Gasteiger charge is -2.34. The molecule has 3 atom stereocenters. The Kier molecular flexibility index (Phi) is 5.60. The molecule has 0 spiro atoms. The van der Waals surface area contributed by atoms with Crippen LogP contribution in [0.3, 0.4) is 0 Å². The first kappa shape index (κ1) is 11.7. The van der Waals surface area contributed by atoms with Gasteiger partial charge in [-0.15, -0.1) is 0 Å². The molecule has 1 aliphatic heterocycles. The van der Waals surface area contributed by atoms with Crippen LogP contribution in [0.5, 0.6) is 0 Å². The molecule has 1 saturated heterocycles. The second-order valence-corrected chi connectivity index (χ2v) is 6.13. The highest BCUT2D eigenvalue weighted by Crippen LogP contribution is 2.34. The zero-order valence-electron chi connectivity index (χ0n) is 8.88. The maximum Gasteiger partial charge on any atom is 0.0317 e. The van der Waals surface area contributed by atoms with Crippen molar-refractivity contribution in [3.63, 3.8) is 0 Å². The third-order valence-electron chi connectivity index (χ3n) is 2.51. The molecule has 3 unspecified atom stereocenters. The van der Waals surface area contributed by atoms with Crippen LogP contribution in [0, 0.1) is 0 Å². The van der Waals surface area contributed by atoms with Gasteiger partial charge in [0, 0.05) is 28.0 Å². The Balaban J connectivity index is 2.43. The van der Waals surface area contributed by atoms with Crippen LogP contribution in [-0.2, 0) is 0 Å². The molecule has 0 saturated carbocycles. The van der Waals surface area contributed by atoms with Gasteiger partial charge >= 0.3 is 0 Å². The summed E-state index contributed by atoms with van der Waals surface area (Å²) in [6.07, 6.45) is 1.32. The molecular weight excluding hydrogens is 198 g/mol. The Labute approximate surface area is 90.8 Å². The summed E-state index contributed by atoms with van der Waals surface area (Å²) in [4.78, 5) is 0. The van der Waals surface area contributed by atoms with E-state index in [-0.39, 0.29) is 0 Å². The van der Waals surface area contributed by atoms with Crippen LogP contribution in [0.2, 0.25) is 0 Å². The molecule has 1 fully saturated rings. The fraction of sp³-hybridized carbons (Fsp3) is 1.00.